The van der Waals surface area contributed by atoms with Gasteiger partial charge in [-0.1, -0.05) is 25.1 Å². The number of pyridine rings is 1. The summed E-state index contributed by atoms with van der Waals surface area (Å²) in [7, 11) is 0. The van der Waals surface area contributed by atoms with Crippen molar-refractivity contribution in [2.24, 2.45) is 0 Å². The van der Waals surface area contributed by atoms with E-state index in [-0.39, 0.29) is 5.43 Å². The van der Waals surface area contributed by atoms with E-state index in [1.54, 1.807) is 6.07 Å². The summed E-state index contributed by atoms with van der Waals surface area (Å²) in [6.07, 6.45) is 4.99. The van der Waals surface area contributed by atoms with Gasteiger partial charge in [0.2, 0.25) is 0 Å². The Labute approximate surface area is 185 Å². The van der Waals surface area contributed by atoms with Gasteiger partial charge >= 0.3 is 0 Å². The number of aryl methyl sites for hydroxylation is 1. The van der Waals surface area contributed by atoms with Crippen molar-refractivity contribution in [1.29, 1.82) is 0 Å². The van der Waals surface area contributed by atoms with Crippen LogP contribution in [0.5, 0.6) is 0 Å². The highest BCUT2D eigenvalue weighted by Gasteiger charge is 2.21. The molecular formula is C23H27IN4O. The van der Waals surface area contributed by atoms with Crippen molar-refractivity contribution in [3.8, 4) is 0 Å². The molecule has 0 aliphatic carbocycles. The summed E-state index contributed by atoms with van der Waals surface area (Å²) in [5, 5.41) is 8.06. The molecule has 2 aromatic carbocycles. The molecule has 6 heteroatoms. The lowest BCUT2D eigenvalue weighted by Crippen LogP contribution is -2.31. The molecule has 1 aromatic heterocycles. The number of hydrogen-bond acceptors (Lipinski definition) is 4. The first kappa shape index (κ1) is 20.2. The molecule has 1 aliphatic heterocycles. The van der Waals surface area contributed by atoms with E-state index in [1.165, 1.54) is 20.4 Å². The normalized spacial score (nSPS) is 15.7. The number of hydrogen-bond donors (Lipinski definition) is 3. The molecule has 0 saturated heterocycles. The third kappa shape index (κ3) is 4.43. The fourth-order valence-electron chi connectivity index (χ4n) is 3.97. The fraction of sp³-hybridized carbons (Fsp3) is 0.348. The van der Waals surface area contributed by atoms with Crippen LogP contribution in [0.25, 0.3) is 10.9 Å². The van der Waals surface area contributed by atoms with Crippen LogP contribution in [0, 0.1) is 3.57 Å². The van der Waals surface area contributed by atoms with Crippen LogP contribution in [-0.2, 0) is 6.42 Å². The number of benzene rings is 2. The SMILES string of the molecule is CCc1cc(I)c2c(c1)C(NCCCNn1ccc(=O)c3ccccc31)CCN2. The molecule has 3 aromatic rings. The maximum absolute atomic E-state index is 12.0. The van der Waals surface area contributed by atoms with E-state index in [0.29, 0.717) is 6.04 Å². The van der Waals surface area contributed by atoms with Crippen molar-refractivity contribution in [2.45, 2.75) is 32.2 Å². The van der Waals surface area contributed by atoms with Gasteiger partial charge in [0.15, 0.2) is 5.43 Å². The van der Waals surface area contributed by atoms with Crippen molar-refractivity contribution in [2.75, 3.05) is 30.4 Å². The Bertz CT molecular complexity index is 1060. The molecule has 152 valence electrons. The van der Waals surface area contributed by atoms with Crippen molar-refractivity contribution in [1.82, 2.24) is 9.99 Å². The Morgan fingerprint density at radius 2 is 2.07 bits per heavy atom. The zero-order chi connectivity index (χ0) is 20.2. The smallest absolute Gasteiger partial charge is 0.189 e. The third-order valence-electron chi connectivity index (χ3n) is 5.53. The van der Waals surface area contributed by atoms with Gasteiger partial charge in [-0.05, 0) is 77.7 Å². The van der Waals surface area contributed by atoms with E-state index in [4.69, 9.17) is 0 Å². The second kappa shape index (κ2) is 9.17. The Balaban J connectivity index is 1.35. The summed E-state index contributed by atoms with van der Waals surface area (Å²) in [5.41, 5.74) is 8.50. The van der Waals surface area contributed by atoms with Gasteiger partial charge in [-0.25, -0.2) is 0 Å². The maximum Gasteiger partial charge on any atom is 0.189 e. The largest absolute Gasteiger partial charge is 0.384 e. The number of para-hydroxylation sites is 1. The number of halogens is 1. The molecular weight excluding hydrogens is 475 g/mol. The van der Waals surface area contributed by atoms with E-state index in [1.807, 2.05) is 35.1 Å². The van der Waals surface area contributed by atoms with E-state index < -0.39 is 0 Å². The molecule has 1 aliphatic rings. The van der Waals surface area contributed by atoms with E-state index in [9.17, 15) is 4.79 Å². The van der Waals surface area contributed by atoms with Gasteiger partial charge in [-0.15, -0.1) is 0 Å². The lowest BCUT2D eigenvalue weighted by molar-refractivity contribution is 0.495. The number of fused-ring (bicyclic) bond motifs is 2. The Kier molecular flexibility index (Phi) is 6.40. The van der Waals surface area contributed by atoms with Gasteiger partial charge in [0.25, 0.3) is 0 Å². The topological polar surface area (TPSA) is 58.1 Å². The fourth-order valence-corrected chi connectivity index (χ4v) is 4.87. The Morgan fingerprint density at radius 1 is 1.21 bits per heavy atom. The molecule has 2 heterocycles. The number of nitrogens with one attached hydrogen (secondary N) is 3. The maximum atomic E-state index is 12.0. The summed E-state index contributed by atoms with van der Waals surface area (Å²) in [6, 6.07) is 14.4. The van der Waals surface area contributed by atoms with E-state index in [0.717, 1.165) is 49.8 Å². The second-order valence-electron chi connectivity index (χ2n) is 7.45. The predicted molar refractivity (Wildman–Crippen MR) is 129 cm³/mol. The highest BCUT2D eigenvalue weighted by molar-refractivity contribution is 14.1. The number of aromatic nitrogens is 1. The molecule has 29 heavy (non-hydrogen) atoms. The van der Waals surface area contributed by atoms with Crippen molar-refractivity contribution >= 4 is 39.2 Å². The summed E-state index contributed by atoms with van der Waals surface area (Å²) in [4.78, 5) is 12.0. The average Bonchev–Trinajstić information content (AvgIpc) is 2.75. The van der Waals surface area contributed by atoms with Gasteiger partial charge in [0.1, 0.15) is 0 Å². The highest BCUT2D eigenvalue weighted by Crippen LogP contribution is 2.34. The van der Waals surface area contributed by atoms with Crippen LogP contribution in [0.2, 0.25) is 0 Å². The molecule has 3 N–H and O–H groups in total. The first-order valence-corrected chi connectivity index (χ1v) is 11.4. The van der Waals surface area contributed by atoms with Crippen LogP contribution in [0.15, 0.2) is 53.5 Å². The molecule has 0 fully saturated rings. The lowest BCUT2D eigenvalue weighted by atomic mass is 9.95. The minimum Gasteiger partial charge on any atom is -0.384 e. The predicted octanol–water partition coefficient (Wildman–Crippen LogP) is 4.25. The molecule has 0 bridgehead atoms. The van der Waals surface area contributed by atoms with Crippen molar-refractivity contribution in [3.05, 3.63) is 73.6 Å². The summed E-state index contributed by atoms with van der Waals surface area (Å²) in [5.74, 6) is 0. The van der Waals surface area contributed by atoms with E-state index >= 15 is 0 Å². The van der Waals surface area contributed by atoms with Crippen LogP contribution in [0.3, 0.4) is 0 Å². The number of anilines is 1. The van der Waals surface area contributed by atoms with Gasteiger partial charge in [0.05, 0.1) is 11.2 Å². The third-order valence-corrected chi connectivity index (χ3v) is 6.38. The molecule has 0 amide bonds. The first-order chi connectivity index (χ1) is 14.2. The molecule has 4 rings (SSSR count). The van der Waals surface area contributed by atoms with Gasteiger partial charge in [-0.3, -0.25) is 9.47 Å². The highest BCUT2D eigenvalue weighted by atomic mass is 127. The quantitative estimate of drug-likeness (QED) is 0.334. The molecule has 0 saturated carbocycles. The molecule has 1 unspecified atom stereocenters. The lowest BCUT2D eigenvalue weighted by Gasteiger charge is -2.29. The Hall–Kier alpha value is -2.06. The summed E-state index contributed by atoms with van der Waals surface area (Å²) in [6.45, 7) is 5.00. The van der Waals surface area contributed by atoms with Crippen molar-refractivity contribution < 1.29 is 0 Å². The minimum atomic E-state index is 0.0611. The van der Waals surface area contributed by atoms with Crippen LogP contribution in [0.1, 0.15) is 36.9 Å². The molecule has 0 radical (unpaired) electrons. The number of rotatable bonds is 7. The summed E-state index contributed by atoms with van der Waals surface area (Å²) < 4.78 is 3.27. The second-order valence-corrected chi connectivity index (χ2v) is 8.61. The average molecular weight is 502 g/mol. The standard InChI is InChI=1S/C23H27IN4O/c1-2-16-14-18-20(8-12-26-23(18)19(24)15-16)25-10-5-11-27-28-13-9-22(29)17-6-3-4-7-21(17)28/h3-4,6-7,9,13-15,20,25-27H,2,5,8,10-12H2,1H3. The zero-order valence-corrected chi connectivity index (χ0v) is 18.8. The van der Waals surface area contributed by atoms with Crippen LogP contribution >= 0.6 is 22.6 Å². The zero-order valence-electron chi connectivity index (χ0n) is 16.7. The first-order valence-electron chi connectivity index (χ1n) is 10.3. The molecule has 5 nitrogen and oxygen atoms in total. The van der Waals surface area contributed by atoms with Gasteiger partial charge in [0, 0.05) is 40.4 Å². The van der Waals surface area contributed by atoms with Crippen LogP contribution < -0.4 is 21.5 Å². The Morgan fingerprint density at radius 3 is 2.93 bits per heavy atom. The van der Waals surface area contributed by atoms with Crippen LogP contribution in [0.4, 0.5) is 5.69 Å². The number of nitrogens with zero attached hydrogens (tertiary/aromatic N) is 1. The van der Waals surface area contributed by atoms with E-state index in [2.05, 4.69) is 57.7 Å². The minimum absolute atomic E-state index is 0.0611. The van der Waals surface area contributed by atoms with Crippen molar-refractivity contribution in [3.63, 3.8) is 0 Å². The monoisotopic (exact) mass is 502 g/mol. The van der Waals surface area contributed by atoms with Gasteiger partial charge in [-0.2, -0.15) is 0 Å². The molecule has 1 atom stereocenters. The molecule has 0 spiro atoms. The van der Waals surface area contributed by atoms with Crippen LogP contribution in [-0.4, -0.2) is 24.3 Å². The summed E-state index contributed by atoms with van der Waals surface area (Å²) >= 11 is 2.44. The van der Waals surface area contributed by atoms with Gasteiger partial charge < -0.3 is 16.1 Å².